The number of ketones is 1. The molecule has 0 saturated heterocycles. The van der Waals surface area contributed by atoms with Crippen molar-refractivity contribution in [1.29, 1.82) is 0 Å². The Balaban J connectivity index is 3.19. The summed E-state index contributed by atoms with van der Waals surface area (Å²) in [6.07, 6.45) is 11.2. The summed E-state index contributed by atoms with van der Waals surface area (Å²) in [6.45, 7) is 5.66. The highest BCUT2D eigenvalue weighted by Crippen LogP contribution is 2.21. The lowest BCUT2D eigenvalue weighted by Crippen LogP contribution is -2.12. The predicted octanol–water partition coefficient (Wildman–Crippen LogP) is 4.31. The first-order chi connectivity index (χ1) is 7.98. The third-order valence-electron chi connectivity index (χ3n) is 3.17. The third kappa shape index (κ3) is 11.6. The summed E-state index contributed by atoms with van der Waals surface area (Å²) in [5.41, 5.74) is -0.137. The van der Waals surface area contributed by atoms with E-state index in [4.69, 9.17) is 0 Å². The molecule has 2 heteroatoms. The van der Waals surface area contributed by atoms with E-state index in [1.807, 2.05) is 13.8 Å². The van der Waals surface area contributed by atoms with Crippen molar-refractivity contribution in [3.05, 3.63) is 0 Å². The molecule has 0 aromatic heterocycles. The number of hydrogen-bond donors (Lipinski definition) is 0. The fourth-order valence-corrected chi connectivity index (χ4v) is 1.90. The lowest BCUT2D eigenvalue weighted by atomic mass is 9.88. The van der Waals surface area contributed by atoms with Crippen LogP contribution in [-0.4, -0.2) is 12.1 Å². The first-order valence-corrected chi connectivity index (χ1v) is 6.94. The van der Waals surface area contributed by atoms with Crippen molar-refractivity contribution in [3.8, 4) is 0 Å². The molecule has 0 aromatic carbocycles. The summed E-state index contributed by atoms with van der Waals surface area (Å²) in [6, 6.07) is 0. The Hall–Kier alpha value is -0.660. The van der Waals surface area contributed by atoms with E-state index in [9.17, 15) is 9.59 Å². The van der Waals surface area contributed by atoms with Crippen molar-refractivity contribution in [3.63, 3.8) is 0 Å². The molecular formula is C15H28O2. The summed E-state index contributed by atoms with van der Waals surface area (Å²) >= 11 is 0. The van der Waals surface area contributed by atoms with Crippen LogP contribution in [0.3, 0.4) is 0 Å². The standard InChI is InChI=1S/C15H28O2/c1-14(17)11-9-7-5-4-6-8-10-12-15(2,3)13-16/h13H,4-12H2,1-3H3. The van der Waals surface area contributed by atoms with Crippen LogP contribution in [0.25, 0.3) is 0 Å². The molecule has 0 unspecified atom stereocenters. The Morgan fingerprint density at radius 1 is 0.941 bits per heavy atom. The van der Waals surface area contributed by atoms with Gasteiger partial charge in [-0.05, 0) is 19.8 Å². The van der Waals surface area contributed by atoms with E-state index < -0.39 is 0 Å². The average molecular weight is 240 g/mol. The lowest BCUT2D eigenvalue weighted by Gasteiger charge is -2.15. The van der Waals surface area contributed by atoms with Crippen molar-refractivity contribution < 1.29 is 9.59 Å². The Labute approximate surface area is 106 Å². The molecule has 0 bridgehead atoms. The predicted molar refractivity (Wildman–Crippen MR) is 72.1 cm³/mol. The van der Waals surface area contributed by atoms with Crippen LogP contribution in [0.4, 0.5) is 0 Å². The van der Waals surface area contributed by atoms with E-state index in [-0.39, 0.29) is 5.41 Å². The number of hydrogen-bond acceptors (Lipinski definition) is 2. The molecule has 0 rings (SSSR count). The minimum absolute atomic E-state index is 0.137. The van der Waals surface area contributed by atoms with Crippen molar-refractivity contribution in [2.75, 3.05) is 0 Å². The number of unbranched alkanes of at least 4 members (excludes halogenated alkanes) is 6. The second kappa shape index (κ2) is 9.38. The third-order valence-corrected chi connectivity index (χ3v) is 3.17. The van der Waals surface area contributed by atoms with Gasteiger partial charge in [0.05, 0.1) is 0 Å². The zero-order chi connectivity index (χ0) is 13.1. The molecule has 0 radical (unpaired) electrons. The van der Waals surface area contributed by atoms with E-state index in [1.165, 1.54) is 32.1 Å². The highest BCUT2D eigenvalue weighted by Gasteiger charge is 2.14. The van der Waals surface area contributed by atoms with Gasteiger partial charge < -0.3 is 9.59 Å². The quantitative estimate of drug-likeness (QED) is 0.398. The highest BCUT2D eigenvalue weighted by atomic mass is 16.1. The smallest absolute Gasteiger partial charge is 0.129 e. The molecule has 100 valence electrons. The Bertz CT molecular complexity index is 219. The summed E-state index contributed by atoms with van der Waals surface area (Å²) in [7, 11) is 0. The van der Waals surface area contributed by atoms with Gasteiger partial charge >= 0.3 is 0 Å². The van der Waals surface area contributed by atoms with E-state index in [0.717, 1.165) is 32.0 Å². The van der Waals surface area contributed by atoms with Gasteiger partial charge in [-0.25, -0.2) is 0 Å². The molecule has 0 N–H and O–H groups in total. The topological polar surface area (TPSA) is 34.1 Å². The molecule has 0 aliphatic heterocycles. The normalized spacial score (nSPS) is 11.5. The molecule has 0 fully saturated rings. The van der Waals surface area contributed by atoms with Crippen LogP contribution in [0.1, 0.15) is 78.6 Å². The van der Waals surface area contributed by atoms with Crippen LogP contribution in [-0.2, 0) is 9.59 Å². The van der Waals surface area contributed by atoms with Crippen molar-refractivity contribution in [2.45, 2.75) is 78.6 Å². The number of carbonyl (C=O) groups is 2. The Morgan fingerprint density at radius 3 is 1.88 bits per heavy atom. The number of rotatable bonds is 11. The molecule has 0 atom stereocenters. The fourth-order valence-electron chi connectivity index (χ4n) is 1.90. The zero-order valence-corrected chi connectivity index (χ0v) is 11.8. The lowest BCUT2D eigenvalue weighted by molar-refractivity contribution is -0.117. The van der Waals surface area contributed by atoms with Gasteiger partial charge in [-0.15, -0.1) is 0 Å². The molecular weight excluding hydrogens is 212 g/mol. The van der Waals surface area contributed by atoms with E-state index in [1.54, 1.807) is 6.92 Å². The second-order valence-electron chi connectivity index (χ2n) is 5.78. The highest BCUT2D eigenvalue weighted by molar-refractivity contribution is 5.75. The first kappa shape index (κ1) is 16.3. The van der Waals surface area contributed by atoms with Crippen molar-refractivity contribution in [1.82, 2.24) is 0 Å². The van der Waals surface area contributed by atoms with E-state index in [2.05, 4.69) is 0 Å². The molecule has 17 heavy (non-hydrogen) atoms. The minimum atomic E-state index is -0.137. The maximum atomic E-state index is 10.7. The molecule has 0 heterocycles. The SMILES string of the molecule is CC(=O)CCCCCCCCCC(C)(C)C=O. The minimum Gasteiger partial charge on any atom is -0.303 e. The van der Waals surface area contributed by atoms with Gasteiger partial charge in [-0.3, -0.25) is 0 Å². The molecule has 0 aromatic rings. The molecule has 0 aliphatic carbocycles. The largest absolute Gasteiger partial charge is 0.303 e. The van der Waals surface area contributed by atoms with Gasteiger partial charge in [0.1, 0.15) is 12.1 Å². The molecule has 0 spiro atoms. The van der Waals surface area contributed by atoms with Gasteiger partial charge in [-0.1, -0.05) is 52.4 Å². The maximum absolute atomic E-state index is 10.7. The molecule has 0 amide bonds. The number of Topliss-reactive ketones (excluding diaryl/α,β-unsaturated/α-hetero) is 1. The first-order valence-electron chi connectivity index (χ1n) is 6.94. The zero-order valence-electron chi connectivity index (χ0n) is 11.8. The molecule has 0 saturated carbocycles. The van der Waals surface area contributed by atoms with Gasteiger partial charge in [0.2, 0.25) is 0 Å². The van der Waals surface area contributed by atoms with E-state index >= 15 is 0 Å². The van der Waals surface area contributed by atoms with Gasteiger partial charge in [-0.2, -0.15) is 0 Å². The second-order valence-corrected chi connectivity index (χ2v) is 5.78. The summed E-state index contributed by atoms with van der Waals surface area (Å²) in [5.74, 6) is 0.307. The summed E-state index contributed by atoms with van der Waals surface area (Å²) in [4.78, 5) is 21.4. The molecule has 2 nitrogen and oxygen atoms in total. The summed E-state index contributed by atoms with van der Waals surface area (Å²) in [5, 5.41) is 0. The van der Waals surface area contributed by atoms with Crippen LogP contribution in [0, 0.1) is 5.41 Å². The van der Waals surface area contributed by atoms with Gasteiger partial charge in [0.25, 0.3) is 0 Å². The van der Waals surface area contributed by atoms with Crippen LogP contribution in [0.2, 0.25) is 0 Å². The van der Waals surface area contributed by atoms with Crippen molar-refractivity contribution in [2.24, 2.45) is 5.41 Å². The van der Waals surface area contributed by atoms with Crippen LogP contribution in [0.15, 0.2) is 0 Å². The van der Waals surface area contributed by atoms with E-state index in [0.29, 0.717) is 5.78 Å². The summed E-state index contributed by atoms with van der Waals surface area (Å²) < 4.78 is 0. The van der Waals surface area contributed by atoms with Crippen LogP contribution in [0.5, 0.6) is 0 Å². The maximum Gasteiger partial charge on any atom is 0.129 e. The number of carbonyl (C=O) groups excluding carboxylic acids is 2. The number of aldehydes is 1. The monoisotopic (exact) mass is 240 g/mol. The Kier molecular flexibility index (Phi) is 9.01. The van der Waals surface area contributed by atoms with Gasteiger partial charge in [0, 0.05) is 11.8 Å². The fraction of sp³-hybridized carbons (Fsp3) is 0.867. The molecule has 0 aliphatic rings. The average Bonchev–Trinajstić information content (AvgIpc) is 2.26. The van der Waals surface area contributed by atoms with Crippen LogP contribution < -0.4 is 0 Å². The van der Waals surface area contributed by atoms with Crippen LogP contribution >= 0.6 is 0 Å². The van der Waals surface area contributed by atoms with Crippen molar-refractivity contribution >= 4 is 12.1 Å². The van der Waals surface area contributed by atoms with Gasteiger partial charge in [0.15, 0.2) is 0 Å². The Morgan fingerprint density at radius 2 is 1.41 bits per heavy atom.